The summed E-state index contributed by atoms with van der Waals surface area (Å²) >= 11 is 7.36. The second kappa shape index (κ2) is 5.69. The first-order valence-corrected chi connectivity index (χ1v) is 6.17. The lowest BCUT2D eigenvalue weighted by molar-refractivity contribution is 0.215. The predicted molar refractivity (Wildman–Crippen MR) is 63.0 cm³/mol. The highest BCUT2D eigenvalue weighted by molar-refractivity contribution is 7.15. The van der Waals surface area contributed by atoms with Gasteiger partial charge in [-0.05, 0) is 26.8 Å². The van der Waals surface area contributed by atoms with Gasteiger partial charge in [-0.25, -0.2) is 4.98 Å². The molecule has 1 rings (SSSR count). The van der Waals surface area contributed by atoms with Gasteiger partial charge in [-0.2, -0.15) is 0 Å². The summed E-state index contributed by atoms with van der Waals surface area (Å²) in [6, 6.07) is 0.579. The van der Waals surface area contributed by atoms with Gasteiger partial charge in [0.15, 0.2) is 4.47 Å². The average molecular weight is 233 g/mol. The second-order valence-electron chi connectivity index (χ2n) is 3.64. The summed E-state index contributed by atoms with van der Waals surface area (Å²) < 4.78 is 0.639. The third-order valence-electron chi connectivity index (χ3n) is 2.13. The SMILES string of the molecule is CCCN(Cc1cnc(Cl)s1)C(C)C. The number of rotatable bonds is 5. The summed E-state index contributed by atoms with van der Waals surface area (Å²) in [5, 5.41) is 0. The summed E-state index contributed by atoms with van der Waals surface area (Å²) in [6.07, 6.45) is 3.06. The first-order chi connectivity index (χ1) is 6.63. The smallest absolute Gasteiger partial charge is 0.183 e. The standard InChI is InChI=1S/C10H17ClN2S/c1-4-5-13(8(2)3)7-9-6-12-10(11)14-9/h6,8H,4-5,7H2,1-3H3. The van der Waals surface area contributed by atoms with E-state index >= 15 is 0 Å². The van der Waals surface area contributed by atoms with Crippen LogP contribution in [0.25, 0.3) is 0 Å². The van der Waals surface area contributed by atoms with E-state index in [0.717, 1.165) is 13.1 Å². The van der Waals surface area contributed by atoms with Crippen LogP contribution in [0.15, 0.2) is 6.20 Å². The first-order valence-electron chi connectivity index (χ1n) is 4.97. The Balaban J connectivity index is 2.55. The minimum absolute atomic E-state index is 0.579. The summed E-state index contributed by atoms with van der Waals surface area (Å²) in [4.78, 5) is 7.73. The van der Waals surface area contributed by atoms with Crippen LogP contribution in [0, 0.1) is 0 Å². The highest BCUT2D eigenvalue weighted by Gasteiger charge is 2.10. The Morgan fingerprint density at radius 2 is 2.29 bits per heavy atom. The van der Waals surface area contributed by atoms with Crippen LogP contribution in [0.2, 0.25) is 4.47 Å². The zero-order valence-corrected chi connectivity index (χ0v) is 10.5. The third-order valence-corrected chi connectivity index (χ3v) is 3.22. The van der Waals surface area contributed by atoms with Crippen molar-refractivity contribution in [2.75, 3.05) is 6.54 Å². The molecule has 0 bridgehead atoms. The number of nitrogens with zero attached hydrogens (tertiary/aromatic N) is 2. The summed E-state index contributed by atoms with van der Waals surface area (Å²) in [7, 11) is 0. The van der Waals surface area contributed by atoms with Crippen molar-refractivity contribution in [1.29, 1.82) is 0 Å². The molecule has 0 amide bonds. The van der Waals surface area contributed by atoms with Gasteiger partial charge in [0.1, 0.15) is 0 Å². The Morgan fingerprint density at radius 1 is 1.57 bits per heavy atom. The van der Waals surface area contributed by atoms with E-state index in [1.807, 2.05) is 6.20 Å². The maximum Gasteiger partial charge on any atom is 0.183 e. The number of thiazole rings is 1. The fraction of sp³-hybridized carbons (Fsp3) is 0.700. The van der Waals surface area contributed by atoms with Gasteiger partial charge in [-0.15, -0.1) is 11.3 Å². The van der Waals surface area contributed by atoms with E-state index < -0.39 is 0 Å². The zero-order valence-electron chi connectivity index (χ0n) is 8.96. The van der Waals surface area contributed by atoms with Gasteiger partial charge in [-0.1, -0.05) is 18.5 Å². The third kappa shape index (κ3) is 3.56. The van der Waals surface area contributed by atoms with Crippen LogP contribution in [0.4, 0.5) is 0 Å². The van der Waals surface area contributed by atoms with E-state index in [9.17, 15) is 0 Å². The lowest BCUT2D eigenvalue weighted by Gasteiger charge is -2.24. The normalized spacial score (nSPS) is 11.6. The zero-order chi connectivity index (χ0) is 10.6. The lowest BCUT2D eigenvalue weighted by atomic mass is 10.3. The van der Waals surface area contributed by atoms with E-state index in [0.29, 0.717) is 10.5 Å². The van der Waals surface area contributed by atoms with Crippen molar-refractivity contribution < 1.29 is 0 Å². The Kier molecular flexibility index (Phi) is 4.85. The van der Waals surface area contributed by atoms with Crippen LogP contribution in [-0.2, 0) is 6.54 Å². The van der Waals surface area contributed by atoms with Crippen molar-refractivity contribution in [2.45, 2.75) is 39.8 Å². The van der Waals surface area contributed by atoms with Crippen molar-refractivity contribution >= 4 is 22.9 Å². The molecule has 0 radical (unpaired) electrons. The molecular formula is C10H17ClN2S. The Labute approximate surface area is 94.9 Å². The van der Waals surface area contributed by atoms with E-state index in [1.54, 1.807) is 11.3 Å². The minimum atomic E-state index is 0.579. The first kappa shape index (κ1) is 12.0. The number of aromatic nitrogens is 1. The molecule has 0 spiro atoms. The summed E-state index contributed by atoms with van der Waals surface area (Å²) in [5.41, 5.74) is 0. The quantitative estimate of drug-likeness (QED) is 0.774. The lowest BCUT2D eigenvalue weighted by Crippen LogP contribution is -2.30. The summed E-state index contributed by atoms with van der Waals surface area (Å²) in [5.74, 6) is 0. The Morgan fingerprint density at radius 3 is 2.71 bits per heavy atom. The van der Waals surface area contributed by atoms with E-state index in [4.69, 9.17) is 11.6 Å². The highest BCUT2D eigenvalue weighted by atomic mass is 35.5. The maximum absolute atomic E-state index is 5.79. The topological polar surface area (TPSA) is 16.1 Å². The van der Waals surface area contributed by atoms with Gasteiger partial charge in [0, 0.05) is 23.7 Å². The number of hydrogen-bond donors (Lipinski definition) is 0. The van der Waals surface area contributed by atoms with E-state index in [1.165, 1.54) is 11.3 Å². The molecular weight excluding hydrogens is 216 g/mol. The molecule has 2 nitrogen and oxygen atoms in total. The molecule has 0 saturated carbocycles. The monoisotopic (exact) mass is 232 g/mol. The van der Waals surface area contributed by atoms with Crippen molar-refractivity contribution in [3.63, 3.8) is 0 Å². The van der Waals surface area contributed by atoms with Gasteiger partial charge in [0.05, 0.1) is 0 Å². The molecule has 4 heteroatoms. The molecule has 0 aliphatic carbocycles. The van der Waals surface area contributed by atoms with Crippen molar-refractivity contribution in [1.82, 2.24) is 9.88 Å². The second-order valence-corrected chi connectivity index (χ2v) is 5.34. The molecule has 80 valence electrons. The number of halogens is 1. The van der Waals surface area contributed by atoms with Crippen LogP contribution in [0.5, 0.6) is 0 Å². The molecule has 0 atom stereocenters. The molecule has 1 aromatic rings. The molecule has 0 saturated heterocycles. The fourth-order valence-electron chi connectivity index (χ4n) is 1.36. The van der Waals surface area contributed by atoms with Gasteiger partial charge in [0.2, 0.25) is 0 Å². The number of hydrogen-bond acceptors (Lipinski definition) is 3. The van der Waals surface area contributed by atoms with Crippen molar-refractivity contribution in [2.24, 2.45) is 0 Å². The minimum Gasteiger partial charge on any atom is -0.296 e. The largest absolute Gasteiger partial charge is 0.296 e. The van der Waals surface area contributed by atoms with E-state index in [-0.39, 0.29) is 0 Å². The van der Waals surface area contributed by atoms with Gasteiger partial charge < -0.3 is 0 Å². The van der Waals surface area contributed by atoms with E-state index in [2.05, 4.69) is 30.7 Å². The predicted octanol–water partition coefficient (Wildman–Crippen LogP) is 3.42. The molecule has 1 aromatic heterocycles. The van der Waals surface area contributed by atoms with Gasteiger partial charge in [-0.3, -0.25) is 4.90 Å². The molecule has 0 aromatic carbocycles. The Bertz CT molecular complexity index is 273. The molecule has 0 aliphatic heterocycles. The maximum atomic E-state index is 5.79. The molecule has 14 heavy (non-hydrogen) atoms. The van der Waals surface area contributed by atoms with Crippen LogP contribution in [-0.4, -0.2) is 22.5 Å². The van der Waals surface area contributed by atoms with Crippen molar-refractivity contribution in [3.05, 3.63) is 15.5 Å². The van der Waals surface area contributed by atoms with Crippen LogP contribution < -0.4 is 0 Å². The fourth-order valence-corrected chi connectivity index (χ4v) is 2.37. The molecule has 0 N–H and O–H groups in total. The molecule has 0 unspecified atom stereocenters. The Hall–Kier alpha value is -0.120. The summed E-state index contributed by atoms with van der Waals surface area (Å²) in [6.45, 7) is 8.74. The van der Waals surface area contributed by atoms with Crippen LogP contribution in [0.3, 0.4) is 0 Å². The van der Waals surface area contributed by atoms with Gasteiger partial charge in [0.25, 0.3) is 0 Å². The molecule has 0 fully saturated rings. The average Bonchev–Trinajstić information content (AvgIpc) is 2.50. The van der Waals surface area contributed by atoms with Gasteiger partial charge >= 0.3 is 0 Å². The molecule has 0 aliphatic rings. The highest BCUT2D eigenvalue weighted by Crippen LogP contribution is 2.20. The van der Waals surface area contributed by atoms with Crippen molar-refractivity contribution in [3.8, 4) is 0 Å². The molecule has 1 heterocycles. The van der Waals surface area contributed by atoms with Crippen LogP contribution >= 0.6 is 22.9 Å². The van der Waals surface area contributed by atoms with Crippen LogP contribution in [0.1, 0.15) is 32.1 Å².